The fourth-order valence-corrected chi connectivity index (χ4v) is 3.35. The summed E-state index contributed by atoms with van der Waals surface area (Å²) in [7, 11) is 0. The molecule has 0 radical (unpaired) electrons. The van der Waals surface area contributed by atoms with Crippen molar-refractivity contribution in [1.29, 1.82) is 0 Å². The van der Waals surface area contributed by atoms with Gasteiger partial charge >= 0.3 is 0 Å². The zero-order valence-electron chi connectivity index (χ0n) is 16.3. The first-order valence-electron chi connectivity index (χ1n) is 9.89. The number of benzene rings is 2. The molecule has 0 spiro atoms. The van der Waals surface area contributed by atoms with Crippen LogP contribution in [-0.2, 0) is 13.2 Å². The summed E-state index contributed by atoms with van der Waals surface area (Å²) < 4.78 is 6.00. The van der Waals surface area contributed by atoms with E-state index >= 15 is 0 Å². The molecule has 3 aromatic rings. The number of para-hydroxylation sites is 1. The second-order valence-corrected chi connectivity index (χ2v) is 7.02. The van der Waals surface area contributed by atoms with Crippen molar-refractivity contribution < 1.29 is 9.53 Å². The van der Waals surface area contributed by atoms with Gasteiger partial charge in [-0.25, -0.2) is 4.98 Å². The molecule has 6 nitrogen and oxygen atoms in total. The molecule has 0 saturated carbocycles. The van der Waals surface area contributed by atoms with Crippen molar-refractivity contribution in [1.82, 2.24) is 14.9 Å². The van der Waals surface area contributed by atoms with Crippen molar-refractivity contribution in [2.24, 2.45) is 0 Å². The lowest BCUT2D eigenvalue weighted by molar-refractivity contribution is 0.0786. The smallest absolute Gasteiger partial charge is 0.274 e. The Bertz CT molecular complexity index is 956. The van der Waals surface area contributed by atoms with E-state index in [-0.39, 0.29) is 5.91 Å². The Balaban J connectivity index is 1.40. The Morgan fingerprint density at radius 2 is 1.76 bits per heavy atom. The third-order valence-electron chi connectivity index (χ3n) is 4.92. The molecule has 148 valence electrons. The normalized spacial score (nSPS) is 13.3. The van der Waals surface area contributed by atoms with E-state index in [4.69, 9.17) is 4.74 Å². The molecule has 1 aliphatic heterocycles. The summed E-state index contributed by atoms with van der Waals surface area (Å²) in [6, 6.07) is 18.0. The zero-order chi connectivity index (χ0) is 19.9. The summed E-state index contributed by atoms with van der Waals surface area (Å²) in [5.74, 6) is 1.35. The van der Waals surface area contributed by atoms with Crippen LogP contribution in [0.2, 0.25) is 0 Å². The molecule has 0 unspecified atom stereocenters. The molecular formula is C23H24N4O2. The van der Waals surface area contributed by atoms with E-state index in [2.05, 4.69) is 15.3 Å². The Labute approximate surface area is 170 Å². The van der Waals surface area contributed by atoms with Crippen molar-refractivity contribution in [3.05, 3.63) is 83.8 Å². The standard InChI is InChI=1S/C23H24N4O2/c28-23(27-12-6-7-13-27)20-15-24-16-22(26-20)25-14-19-10-4-5-11-21(19)29-17-18-8-2-1-3-9-18/h1-5,8-11,15-16H,6-7,12-14,17H2,(H,25,26). The molecule has 1 amide bonds. The molecule has 0 bridgehead atoms. The second kappa shape index (κ2) is 9.19. The Kier molecular flexibility index (Phi) is 6.00. The molecule has 29 heavy (non-hydrogen) atoms. The van der Waals surface area contributed by atoms with Crippen LogP contribution in [0.25, 0.3) is 0 Å². The maximum absolute atomic E-state index is 12.5. The van der Waals surface area contributed by atoms with Crippen LogP contribution in [0, 0.1) is 0 Å². The topological polar surface area (TPSA) is 67.3 Å². The van der Waals surface area contributed by atoms with Gasteiger partial charge in [0.2, 0.25) is 0 Å². The number of nitrogens with one attached hydrogen (secondary N) is 1. The summed E-state index contributed by atoms with van der Waals surface area (Å²) in [6.07, 6.45) is 5.27. The number of anilines is 1. The first-order valence-corrected chi connectivity index (χ1v) is 9.89. The van der Waals surface area contributed by atoms with Crippen LogP contribution in [0.5, 0.6) is 5.75 Å². The molecule has 1 N–H and O–H groups in total. The molecule has 6 heteroatoms. The maximum atomic E-state index is 12.5. The van der Waals surface area contributed by atoms with Crippen molar-refractivity contribution in [2.75, 3.05) is 18.4 Å². The Morgan fingerprint density at radius 1 is 1.00 bits per heavy atom. The van der Waals surface area contributed by atoms with Crippen LogP contribution in [0.1, 0.15) is 34.5 Å². The van der Waals surface area contributed by atoms with Gasteiger partial charge in [-0.1, -0.05) is 48.5 Å². The molecule has 0 aliphatic carbocycles. The van der Waals surface area contributed by atoms with Gasteiger partial charge in [0.25, 0.3) is 5.91 Å². The first kappa shape index (κ1) is 18.9. The van der Waals surface area contributed by atoms with E-state index in [9.17, 15) is 4.79 Å². The van der Waals surface area contributed by atoms with Gasteiger partial charge in [0, 0.05) is 25.2 Å². The summed E-state index contributed by atoms with van der Waals surface area (Å²) in [5, 5.41) is 3.26. The lowest BCUT2D eigenvalue weighted by Crippen LogP contribution is -2.28. The second-order valence-electron chi connectivity index (χ2n) is 7.02. The van der Waals surface area contributed by atoms with Crippen LogP contribution >= 0.6 is 0 Å². The number of hydrogen-bond acceptors (Lipinski definition) is 5. The molecule has 1 fully saturated rings. The average Bonchev–Trinajstić information content (AvgIpc) is 3.32. The van der Waals surface area contributed by atoms with Crippen LogP contribution in [-0.4, -0.2) is 33.9 Å². The number of nitrogens with zero attached hydrogens (tertiary/aromatic N) is 3. The fourth-order valence-electron chi connectivity index (χ4n) is 3.35. The molecule has 2 aromatic carbocycles. The number of hydrogen-bond donors (Lipinski definition) is 1. The first-order chi connectivity index (χ1) is 14.3. The van der Waals surface area contributed by atoms with Crippen LogP contribution in [0.15, 0.2) is 67.0 Å². The molecule has 0 atom stereocenters. The molecule has 1 saturated heterocycles. The summed E-state index contributed by atoms with van der Waals surface area (Å²) in [6.45, 7) is 2.63. The molecule has 4 rings (SSSR count). The van der Waals surface area contributed by atoms with E-state index in [1.807, 2.05) is 59.5 Å². The van der Waals surface area contributed by atoms with E-state index < -0.39 is 0 Å². The van der Waals surface area contributed by atoms with Gasteiger partial charge in [-0.15, -0.1) is 0 Å². The maximum Gasteiger partial charge on any atom is 0.274 e. The van der Waals surface area contributed by atoms with Gasteiger partial charge in [-0.3, -0.25) is 9.78 Å². The van der Waals surface area contributed by atoms with E-state index in [0.29, 0.717) is 24.7 Å². The number of ether oxygens (including phenoxy) is 1. The molecule has 1 aromatic heterocycles. The van der Waals surface area contributed by atoms with Crippen molar-refractivity contribution in [3.8, 4) is 5.75 Å². The minimum atomic E-state index is -0.0507. The highest BCUT2D eigenvalue weighted by Crippen LogP contribution is 2.21. The Morgan fingerprint density at radius 3 is 2.59 bits per heavy atom. The highest BCUT2D eigenvalue weighted by atomic mass is 16.5. The summed E-state index contributed by atoms with van der Waals surface area (Å²) >= 11 is 0. The van der Waals surface area contributed by atoms with Crippen molar-refractivity contribution >= 4 is 11.7 Å². The SMILES string of the molecule is O=C(c1cncc(NCc2ccccc2OCc2ccccc2)n1)N1CCCC1. The van der Waals surface area contributed by atoms with Gasteiger partial charge in [0.15, 0.2) is 0 Å². The summed E-state index contributed by atoms with van der Waals surface area (Å²) in [5.41, 5.74) is 2.52. The van der Waals surface area contributed by atoms with Crippen LogP contribution < -0.4 is 10.1 Å². The van der Waals surface area contributed by atoms with Gasteiger partial charge in [-0.2, -0.15) is 0 Å². The van der Waals surface area contributed by atoms with Gasteiger partial charge in [0.1, 0.15) is 23.9 Å². The van der Waals surface area contributed by atoms with Crippen LogP contribution in [0.3, 0.4) is 0 Å². The fraction of sp³-hybridized carbons (Fsp3) is 0.261. The average molecular weight is 388 g/mol. The number of aromatic nitrogens is 2. The quantitative estimate of drug-likeness (QED) is 0.665. The third-order valence-corrected chi connectivity index (χ3v) is 4.92. The predicted octanol–water partition coefficient (Wildman–Crippen LogP) is 3.90. The monoisotopic (exact) mass is 388 g/mol. The largest absolute Gasteiger partial charge is 0.489 e. The van der Waals surface area contributed by atoms with Crippen molar-refractivity contribution in [3.63, 3.8) is 0 Å². The highest BCUT2D eigenvalue weighted by Gasteiger charge is 2.21. The lowest BCUT2D eigenvalue weighted by Gasteiger charge is -2.15. The zero-order valence-corrected chi connectivity index (χ0v) is 16.3. The van der Waals surface area contributed by atoms with Gasteiger partial charge in [0.05, 0.1) is 12.4 Å². The number of carbonyl (C=O) groups excluding carboxylic acids is 1. The number of likely N-dealkylation sites (tertiary alicyclic amines) is 1. The van der Waals surface area contributed by atoms with Crippen LogP contribution in [0.4, 0.5) is 5.82 Å². The molecule has 1 aliphatic rings. The number of rotatable bonds is 7. The predicted molar refractivity (Wildman–Crippen MR) is 112 cm³/mol. The van der Waals surface area contributed by atoms with Gasteiger partial charge < -0.3 is 15.0 Å². The molecular weight excluding hydrogens is 364 g/mol. The van der Waals surface area contributed by atoms with E-state index in [0.717, 1.165) is 42.8 Å². The Hall–Kier alpha value is -3.41. The number of amides is 1. The minimum Gasteiger partial charge on any atom is -0.489 e. The van der Waals surface area contributed by atoms with Crippen molar-refractivity contribution in [2.45, 2.75) is 26.0 Å². The van der Waals surface area contributed by atoms with Gasteiger partial charge in [-0.05, 0) is 24.5 Å². The highest BCUT2D eigenvalue weighted by molar-refractivity contribution is 5.92. The molecule has 2 heterocycles. The third kappa shape index (κ3) is 4.90. The summed E-state index contributed by atoms with van der Waals surface area (Å²) in [4.78, 5) is 23.0. The van der Waals surface area contributed by atoms with E-state index in [1.165, 1.54) is 6.20 Å². The lowest BCUT2D eigenvalue weighted by atomic mass is 10.2. The van der Waals surface area contributed by atoms with E-state index in [1.54, 1.807) is 6.20 Å². The number of carbonyl (C=O) groups is 1. The minimum absolute atomic E-state index is 0.0507.